The second-order valence-corrected chi connectivity index (χ2v) is 10.8. The molecule has 1 atom stereocenters. The van der Waals surface area contributed by atoms with Crippen LogP contribution in [0.4, 0.5) is 0 Å². The number of Topliss-reactive ketones (excluding diaryl/α,β-unsaturated/α-hetero) is 1. The van der Waals surface area contributed by atoms with Gasteiger partial charge in [0.15, 0.2) is 0 Å². The minimum absolute atomic E-state index is 0.0302. The number of benzene rings is 3. The lowest BCUT2D eigenvalue weighted by Crippen LogP contribution is -2.31. The molecule has 0 radical (unpaired) electrons. The number of hydrogen-bond donors (Lipinski definition) is 2. The highest BCUT2D eigenvalue weighted by Gasteiger charge is 2.46. The molecule has 1 aliphatic rings. The maximum atomic E-state index is 13.4. The second kappa shape index (κ2) is 9.40. The molecule has 37 heavy (non-hydrogen) atoms. The van der Waals surface area contributed by atoms with Gasteiger partial charge in [0.25, 0.3) is 11.7 Å². The number of rotatable bonds is 5. The quantitative estimate of drug-likeness (QED) is 0.191. The Bertz CT molecular complexity index is 1500. The molecule has 0 aliphatic carbocycles. The first-order valence-corrected chi connectivity index (χ1v) is 12.7. The van der Waals surface area contributed by atoms with E-state index in [0.29, 0.717) is 18.5 Å². The monoisotopic (exact) mass is 492 g/mol. The summed E-state index contributed by atoms with van der Waals surface area (Å²) in [6.45, 7) is 8.75. The van der Waals surface area contributed by atoms with Crippen LogP contribution in [-0.2, 0) is 21.4 Å². The van der Waals surface area contributed by atoms with Gasteiger partial charge in [0.2, 0.25) is 0 Å². The fourth-order valence-corrected chi connectivity index (χ4v) is 5.07. The number of aliphatic hydroxyl groups is 1. The number of carbonyl (C=O) groups is 2. The Morgan fingerprint density at radius 1 is 0.946 bits per heavy atom. The second-order valence-electron chi connectivity index (χ2n) is 10.8. The van der Waals surface area contributed by atoms with Gasteiger partial charge in [-0.25, -0.2) is 0 Å². The number of hydrogen-bond acceptors (Lipinski definition) is 3. The molecule has 1 unspecified atom stereocenters. The Morgan fingerprint density at radius 2 is 1.62 bits per heavy atom. The predicted octanol–water partition coefficient (Wildman–Crippen LogP) is 6.44. The molecule has 5 heteroatoms. The lowest BCUT2D eigenvalue weighted by molar-refractivity contribution is -0.139. The van der Waals surface area contributed by atoms with Gasteiger partial charge in [0, 0.05) is 29.2 Å². The smallest absolute Gasteiger partial charge is 0.295 e. The number of H-pyrrole nitrogens is 1. The van der Waals surface area contributed by atoms with Gasteiger partial charge in [-0.05, 0) is 41.5 Å². The third kappa shape index (κ3) is 4.57. The molecule has 188 valence electrons. The van der Waals surface area contributed by atoms with E-state index in [9.17, 15) is 14.7 Å². The first kappa shape index (κ1) is 24.6. The Labute approximate surface area is 217 Å². The van der Waals surface area contributed by atoms with Crippen molar-refractivity contribution in [2.24, 2.45) is 0 Å². The number of ketones is 1. The van der Waals surface area contributed by atoms with E-state index in [0.717, 1.165) is 33.2 Å². The van der Waals surface area contributed by atoms with Gasteiger partial charge in [-0.1, -0.05) is 93.1 Å². The summed E-state index contributed by atoms with van der Waals surface area (Å²) in [7, 11) is 0. The highest BCUT2D eigenvalue weighted by atomic mass is 16.3. The van der Waals surface area contributed by atoms with Gasteiger partial charge in [0.1, 0.15) is 5.76 Å². The van der Waals surface area contributed by atoms with E-state index >= 15 is 0 Å². The van der Waals surface area contributed by atoms with Gasteiger partial charge in [-0.3, -0.25) is 9.59 Å². The summed E-state index contributed by atoms with van der Waals surface area (Å²) in [5.41, 5.74) is 5.76. The number of likely N-dealkylation sites (tertiary alicyclic amines) is 1. The zero-order valence-electron chi connectivity index (χ0n) is 21.7. The SMILES string of the molecule is Cc1ccc(/C(O)=C2/C(=O)C(=O)N(CCc3c[nH]c4ccccc34)C2c2ccc(C(C)(C)C)cc2)cc1. The van der Waals surface area contributed by atoms with E-state index in [1.54, 1.807) is 17.0 Å². The van der Waals surface area contributed by atoms with Gasteiger partial charge in [-0.2, -0.15) is 0 Å². The number of aryl methyl sites for hydroxylation is 1. The number of nitrogens with zero attached hydrogens (tertiary/aromatic N) is 1. The standard InChI is InChI=1S/C32H32N2O3/c1-20-9-11-22(12-10-20)29(35)27-28(21-13-15-24(16-14-21)32(2,3)4)34(31(37)30(27)36)18-17-23-19-33-26-8-6-5-7-25(23)26/h5-16,19,28,33,35H,17-18H2,1-4H3/b29-27-. The summed E-state index contributed by atoms with van der Waals surface area (Å²) in [6.07, 6.45) is 2.54. The van der Waals surface area contributed by atoms with E-state index in [2.05, 4.69) is 31.8 Å². The predicted molar refractivity (Wildman–Crippen MR) is 147 cm³/mol. The van der Waals surface area contributed by atoms with Crippen molar-refractivity contribution >= 4 is 28.4 Å². The Morgan fingerprint density at radius 3 is 2.30 bits per heavy atom. The average Bonchev–Trinajstić information content (AvgIpc) is 3.41. The molecule has 1 aromatic heterocycles. The maximum absolute atomic E-state index is 13.4. The van der Waals surface area contributed by atoms with Crippen molar-refractivity contribution in [3.05, 3.63) is 112 Å². The van der Waals surface area contributed by atoms with Gasteiger partial charge >= 0.3 is 0 Å². The number of carbonyl (C=O) groups excluding carboxylic acids is 2. The molecule has 0 bridgehead atoms. The van der Waals surface area contributed by atoms with Crippen LogP contribution in [0.15, 0.2) is 84.6 Å². The lowest BCUT2D eigenvalue weighted by Gasteiger charge is -2.26. The summed E-state index contributed by atoms with van der Waals surface area (Å²) < 4.78 is 0. The molecule has 0 saturated carbocycles. The molecule has 4 aromatic rings. The third-order valence-corrected chi connectivity index (χ3v) is 7.25. The maximum Gasteiger partial charge on any atom is 0.295 e. The molecular weight excluding hydrogens is 460 g/mol. The summed E-state index contributed by atoms with van der Waals surface area (Å²) in [6, 6.07) is 22.7. The summed E-state index contributed by atoms with van der Waals surface area (Å²) in [5, 5.41) is 12.4. The lowest BCUT2D eigenvalue weighted by atomic mass is 9.85. The molecule has 3 aromatic carbocycles. The number of aromatic nitrogens is 1. The molecule has 2 N–H and O–H groups in total. The van der Waals surface area contributed by atoms with Crippen molar-refractivity contribution in [3.8, 4) is 0 Å². The Balaban J connectivity index is 1.57. The summed E-state index contributed by atoms with van der Waals surface area (Å²) >= 11 is 0. The van der Waals surface area contributed by atoms with Crippen LogP contribution < -0.4 is 0 Å². The highest BCUT2D eigenvalue weighted by Crippen LogP contribution is 2.40. The van der Waals surface area contributed by atoms with Gasteiger partial charge < -0.3 is 15.0 Å². The normalized spacial score (nSPS) is 17.6. The zero-order valence-corrected chi connectivity index (χ0v) is 21.7. The molecular formula is C32H32N2O3. The molecule has 1 aliphatic heterocycles. The van der Waals surface area contributed by atoms with Crippen LogP contribution >= 0.6 is 0 Å². The number of amides is 1. The average molecular weight is 493 g/mol. The highest BCUT2D eigenvalue weighted by molar-refractivity contribution is 6.46. The van der Waals surface area contributed by atoms with Crippen molar-refractivity contribution < 1.29 is 14.7 Å². The summed E-state index contributed by atoms with van der Waals surface area (Å²) in [5.74, 6) is -1.38. The van der Waals surface area contributed by atoms with Crippen molar-refractivity contribution in [2.75, 3.05) is 6.54 Å². The Hall–Kier alpha value is -4.12. The number of para-hydroxylation sites is 1. The van der Waals surface area contributed by atoms with Crippen LogP contribution in [0.3, 0.4) is 0 Å². The first-order valence-electron chi connectivity index (χ1n) is 12.7. The molecule has 1 saturated heterocycles. The van der Waals surface area contributed by atoms with E-state index in [-0.39, 0.29) is 16.7 Å². The molecule has 2 heterocycles. The van der Waals surface area contributed by atoms with Crippen molar-refractivity contribution in [1.29, 1.82) is 0 Å². The largest absolute Gasteiger partial charge is 0.507 e. The van der Waals surface area contributed by atoms with Crippen LogP contribution in [0.25, 0.3) is 16.7 Å². The number of aromatic amines is 1. The van der Waals surface area contributed by atoms with Crippen LogP contribution in [0, 0.1) is 6.92 Å². The third-order valence-electron chi connectivity index (χ3n) is 7.25. The number of fused-ring (bicyclic) bond motifs is 1. The van der Waals surface area contributed by atoms with Crippen LogP contribution in [0.5, 0.6) is 0 Å². The van der Waals surface area contributed by atoms with E-state index < -0.39 is 17.7 Å². The number of aliphatic hydroxyl groups excluding tert-OH is 1. The van der Waals surface area contributed by atoms with Crippen LogP contribution in [0.1, 0.15) is 54.6 Å². The minimum Gasteiger partial charge on any atom is -0.507 e. The van der Waals surface area contributed by atoms with Crippen LogP contribution in [0.2, 0.25) is 0 Å². The first-order chi connectivity index (χ1) is 17.6. The molecule has 5 rings (SSSR count). The van der Waals surface area contributed by atoms with E-state index in [1.165, 1.54) is 0 Å². The topological polar surface area (TPSA) is 73.4 Å². The Kier molecular flexibility index (Phi) is 6.24. The van der Waals surface area contributed by atoms with E-state index in [1.807, 2.05) is 67.7 Å². The molecule has 0 spiro atoms. The van der Waals surface area contributed by atoms with Crippen molar-refractivity contribution in [2.45, 2.75) is 45.6 Å². The molecule has 1 amide bonds. The molecule has 1 fully saturated rings. The fourth-order valence-electron chi connectivity index (χ4n) is 5.07. The number of nitrogens with one attached hydrogen (secondary N) is 1. The van der Waals surface area contributed by atoms with Crippen LogP contribution in [-0.4, -0.2) is 33.2 Å². The summed E-state index contributed by atoms with van der Waals surface area (Å²) in [4.78, 5) is 31.6. The van der Waals surface area contributed by atoms with Gasteiger partial charge in [-0.15, -0.1) is 0 Å². The van der Waals surface area contributed by atoms with Crippen molar-refractivity contribution in [1.82, 2.24) is 9.88 Å². The fraction of sp³-hybridized carbons (Fsp3) is 0.250. The molecule has 5 nitrogen and oxygen atoms in total. The van der Waals surface area contributed by atoms with Crippen molar-refractivity contribution in [3.63, 3.8) is 0 Å². The van der Waals surface area contributed by atoms with Gasteiger partial charge in [0.05, 0.1) is 11.6 Å². The minimum atomic E-state index is -0.666. The van der Waals surface area contributed by atoms with E-state index in [4.69, 9.17) is 0 Å². The zero-order chi connectivity index (χ0) is 26.3.